The van der Waals surface area contributed by atoms with Gasteiger partial charge in [0.05, 0.1) is 17.8 Å². The molecule has 1 fully saturated rings. The van der Waals surface area contributed by atoms with Crippen LogP contribution in [0.25, 0.3) is 0 Å². The first-order valence-electron chi connectivity index (χ1n) is 10.2. The molecule has 5 heteroatoms. The summed E-state index contributed by atoms with van der Waals surface area (Å²) in [5.74, 6) is 0. The summed E-state index contributed by atoms with van der Waals surface area (Å²) >= 11 is 5.85. The fraction of sp³-hybridized carbons (Fsp3) is 0.333. The number of benzene rings is 1. The van der Waals surface area contributed by atoms with Crippen molar-refractivity contribution in [1.29, 1.82) is 0 Å². The molecule has 1 N–H and O–H groups in total. The van der Waals surface area contributed by atoms with E-state index in [1.165, 1.54) is 28.1 Å². The summed E-state index contributed by atoms with van der Waals surface area (Å²) in [4.78, 5) is 6.93. The third-order valence-electron chi connectivity index (χ3n) is 5.83. The van der Waals surface area contributed by atoms with Crippen molar-refractivity contribution in [1.82, 2.24) is 14.9 Å². The van der Waals surface area contributed by atoms with Crippen LogP contribution in [0.4, 0.5) is 5.69 Å². The van der Waals surface area contributed by atoms with Gasteiger partial charge in [0.1, 0.15) is 0 Å². The summed E-state index contributed by atoms with van der Waals surface area (Å²) in [5.41, 5.74) is 8.47. The number of thiocarbonyl (C=S) groups is 1. The second kappa shape index (κ2) is 7.64. The minimum Gasteiger partial charge on any atom is -0.351 e. The summed E-state index contributed by atoms with van der Waals surface area (Å²) in [6.45, 7) is 11.8. The lowest BCUT2D eigenvalue weighted by atomic mass is 9.96. The average molecular weight is 405 g/mol. The second-order valence-corrected chi connectivity index (χ2v) is 8.30. The van der Waals surface area contributed by atoms with Crippen LogP contribution in [0.3, 0.4) is 0 Å². The third kappa shape index (κ3) is 3.44. The largest absolute Gasteiger partial charge is 0.351 e. The van der Waals surface area contributed by atoms with E-state index in [2.05, 4.69) is 84.7 Å². The number of nitrogens with one attached hydrogen (secondary N) is 1. The van der Waals surface area contributed by atoms with E-state index in [9.17, 15) is 0 Å². The van der Waals surface area contributed by atoms with Crippen LogP contribution in [0.1, 0.15) is 52.8 Å². The Morgan fingerprint density at radius 1 is 1.03 bits per heavy atom. The van der Waals surface area contributed by atoms with Crippen LogP contribution in [-0.2, 0) is 6.54 Å². The second-order valence-electron chi connectivity index (χ2n) is 7.91. The van der Waals surface area contributed by atoms with Gasteiger partial charge in [-0.3, -0.25) is 4.98 Å². The summed E-state index contributed by atoms with van der Waals surface area (Å²) in [6, 6.07) is 15.1. The number of pyridine rings is 1. The van der Waals surface area contributed by atoms with Gasteiger partial charge in [-0.1, -0.05) is 12.1 Å². The van der Waals surface area contributed by atoms with Crippen molar-refractivity contribution >= 4 is 23.0 Å². The van der Waals surface area contributed by atoms with E-state index in [4.69, 9.17) is 12.2 Å². The molecule has 3 aromatic rings. The number of anilines is 1. The van der Waals surface area contributed by atoms with Crippen molar-refractivity contribution in [2.24, 2.45) is 0 Å². The Hall–Kier alpha value is -2.66. The molecule has 29 heavy (non-hydrogen) atoms. The summed E-state index contributed by atoms with van der Waals surface area (Å²) < 4.78 is 2.37. The van der Waals surface area contributed by atoms with E-state index in [-0.39, 0.29) is 12.1 Å². The Morgan fingerprint density at radius 3 is 2.34 bits per heavy atom. The van der Waals surface area contributed by atoms with Crippen LogP contribution in [0, 0.1) is 27.7 Å². The Bertz CT molecular complexity index is 1030. The highest BCUT2D eigenvalue weighted by Crippen LogP contribution is 2.43. The maximum atomic E-state index is 5.85. The molecule has 1 aliphatic heterocycles. The van der Waals surface area contributed by atoms with E-state index in [0.717, 1.165) is 23.0 Å². The molecule has 0 spiro atoms. The van der Waals surface area contributed by atoms with Crippen molar-refractivity contribution in [2.75, 3.05) is 4.90 Å². The first kappa shape index (κ1) is 19.6. The van der Waals surface area contributed by atoms with E-state index < -0.39 is 0 Å². The zero-order chi connectivity index (χ0) is 20.7. The molecule has 0 aliphatic carbocycles. The van der Waals surface area contributed by atoms with Gasteiger partial charge in [0.15, 0.2) is 5.11 Å². The first-order valence-corrected chi connectivity index (χ1v) is 10.6. The summed E-state index contributed by atoms with van der Waals surface area (Å²) in [5, 5.41) is 4.31. The molecular formula is C24H28N4S. The Balaban J connectivity index is 1.91. The molecule has 2 unspecified atom stereocenters. The van der Waals surface area contributed by atoms with Crippen molar-refractivity contribution in [3.05, 3.63) is 82.4 Å². The lowest BCUT2D eigenvalue weighted by Crippen LogP contribution is -2.29. The van der Waals surface area contributed by atoms with Gasteiger partial charge in [0, 0.05) is 29.8 Å². The number of nitrogens with zero attached hydrogens (tertiary/aromatic N) is 3. The highest BCUT2D eigenvalue weighted by atomic mass is 32.1. The van der Waals surface area contributed by atoms with Gasteiger partial charge in [-0.15, -0.1) is 0 Å². The van der Waals surface area contributed by atoms with Gasteiger partial charge in [-0.05, 0) is 93.9 Å². The Morgan fingerprint density at radius 2 is 1.76 bits per heavy atom. The topological polar surface area (TPSA) is 33.1 Å². The van der Waals surface area contributed by atoms with E-state index in [1.54, 1.807) is 0 Å². The van der Waals surface area contributed by atoms with Crippen LogP contribution in [0.5, 0.6) is 0 Å². The fourth-order valence-electron chi connectivity index (χ4n) is 4.65. The first-order chi connectivity index (χ1) is 13.9. The number of hydrogen-bond acceptors (Lipinski definition) is 2. The molecule has 0 amide bonds. The van der Waals surface area contributed by atoms with Crippen LogP contribution in [0.15, 0.2) is 48.7 Å². The monoisotopic (exact) mass is 404 g/mol. The average Bonchev–Trinajstić information content (AvgIpc) is 3.17. The van der Waals surface area contributed by atoms with E-state index >= 15 is 0 Å². The molecule has 0 saturated carbocycles. The van der Waals surface area contributed by atoms with Gasteiger partial charge >= 0.3 is 0 Å². The molecule has 2 atom stereocenters. The Labute approximate surface area is 178 Å². The smallest absolute Gasteiger partial charge is 0.174 e. The zero-order valence-corrected chi connectivity index (χ0v) is 18.5. The molecule has 2 aromatic heterocycles. The van der Waals surface area contributed by atoms with Crippen molar-refractivity contribution in [3.8, 4) is 0 Å². The number of hydrogen-bond donors (Lipinski definition) is 1. The van der Waals surface area contributed by atoms with Gasteiger partial charge in [0.2, 0.25) is 0 Å². The lowest BCUT2D eigenvalue weighted by Gasteiger charge is -2.28. The highest BCUT2D eigenvalue weighted by Gasteiger charge is 2.42. The molecule has 1 aliphatic rings. The lowest BCUT2D eigenvalue weighted by molar-refractivity contribution is 0.563. The SMILES string of the molecule is CCn1c(C)cc(C2C(c3ccccn3)NC(=S)N2c2cc(C)cc(C)c2)c1C. The maximum absolute atomic E-state index is 5.85. The molecule has 4 nitrogen and oxygen atoms in total. The van der Waals surface area contributed by atoms with Crippen LogP contribution in [0.2, 0.25) is 0 Å². The van der Waals surface area contributed by atoms with Gasteiger partial charge in [0.25, 0.3) is 0 Å². The quantitative estimate of drug-likeness (QED) is 0.597. The van der Waals surface area contributed by atoms with Crippen molar-refractivity contribution in [2.45, 2.75) is 53.2 Å². The number of aromatic nitrogens is 2. The van der Waals surface area contributed by atoms with Crippen LogP contribution >= 0.6 is 12.2 Å². The van der Waals surface area contributed by atoms with Gasteiger partial charge in [-0.25, -0.2) is 0 Å². The standard InChI is InChI=1S/C24H28N4S/c1-6-27-17(4)14-20(18(27)5)23-22(21-9-7-8-10-25-21)26-24(29)28(23)19-12-15(2)11-16(3)13-19/h7-14,22-23H,6H2,1-5H3,(H,26,29). The fourth-order valence-corrected chi connectivity index (χ4v) is 5.00. The molecule has 0 bridgehead atoms. The highest BCUT2D eigenvalue weighted by molar-refractivity contribution is 7.80. The van der Waals surface area contributed by atoms with Crippen molar-refractivity contribution in [3.63, 3.8) is 0 Å². The minimum absolute atomic E-state index is 0.00433. The third-order valence-corrected chi connectivity index (χ3v) is 6.14. The minimum atomic E-state index is -0.00433. The predicted molar refractivity (Wildman–Crippen MR) is 123 cm³/mol. The molecule has 3 heterocycles. The van der Waals surface area contributed by atoms with Crippen LogP contribution < -0.4 is 10.2 Å². The predicted octanol–water partition coefficient (Wildman–Crippen LogP) is 5.31. The zero-order valence-electron chi connectivity index (χ0n) is 17.7. The summed E-state index contributed by atoms with van der Waals surface area (Å²) in [6.07, 6.45) is 1.85. The maximum Gasteiger partial charge on any atom is 0.174 e. The number of aryl methyl sites for hydroxylation is 3. The molecule has 150 valence electrons. The van der Waals surface area contributed by atoms with Crippen LogP contribution in [-0.4, -0.2) is 14.7 Å². The molecular weight excluding hydrogens is 376 g/mol. The van der Waals surface area contributed by atoms with E-state index in [1.807, 2.05) is 18.3 Å². The molecule has 0 radical (unpaired) electrons. The Kier molecular flexibility index (Phi) is 5.17. The molecule has 1 aromatic carbocycles. The molecule has 1 saturated heterocycles. The van der Waals surface area contributed by atoms with Gasteiger partial charge in [-0.2, -0.15) is 0 Å². The summed E-state index contributed by atoms with van der Waals surface area (Å²) in [7, 11) is 0. The normalized spacial score (nSPS) is 18.9. The van der Waals surface area contributed by atoms with E-state index in [0.29, 0.717) is 0 Å². The van der Waals surface area contributed by atoms with Gasteiger partial charge < -0.3 is 14.8 Å². The number of rotatable bonds is 4. The van der Waals surface area contributed by atoms with Crippen molar-refractivity contribution < 1.29 is 0 Å². The molecule has 4 rings (SSSR count).